The zero-order valence-corrected chi connectivity index (χ0v) is 17.5. The Kier molecular flexibility index (Phi) is 6.74. The number of methoxy groups -OCH3 is 1. The minimum atomic E-state index is -0.961. The van der Waals surface area contributed by atoms with Crippen LogP contribution >= 0.6 is 11.3 Å². The van der Waals surface area contributed by atoms with Crippen molar-refractivity contribution >= 4 is 28.9 Å². The minimum absolute atomic E-state index is 0.0890. The van der Waals surface area contributed by atoms with Crippen LogP contribution in [0.4, 0.5) is 0 Å². The fraction of sp³-hybridized carbons (Fsp3) is 0.217. The Labute approximate surface area is 178 Å². The number of para-hydroxylation sites is 1. The van der Waals surface area contributed by atoms with Crippen LogP contribution in [-0.4, -0.2) is 34.7 Å². The molecule has 1 N–H and O–H groups in total. The number of thiazole rings is 1. The Bertz CT molecular complexity index is 1100. The maximum Gasteiger partial charge on any atom is 0.309 e. The predicted molar refractivity (Wildman–Crippen MR) is 113 cm³/mol. The van der Waals surface area contributed by atoms with Crippen LogP contribution in [0, 0.1) is 6.92 Å². The van der Waals surface area contributed by atoms with Crippen molar-refractivity contribution in [3.8, 4) is 5.75 Å². The molecule has 0 aliphatic rings. The molecule has 0 bridgehead atoms. The van der Waals surface area contributed by atoms with E-state index in [1.165, 1.54) is 18.4 Å². The molecule has 0 atom stereocenters. The number of aliphatic carboxylic acids is 1. The standard InChI is InChI=1S/C23H21NO5S/c1-14-7-8-18(23(28)19-5-3-4-6-20(19)29-2)15(9-14)10-17(25)12-21-24-16(13-30-21)11-22(26)27/h3-9,13H,10-12H2,1-2H3,(H,26,27). The largest absolute Gasteiger partial charge is 0.496 e. The third-order valence-electron chi connectivity index (χ3n) is 4.52. The van der Waals surface area contributed by atoms with Gasteiger partial charge in [-0.15, -0.1) is 11.3 Å². The van der Waals surface area contributed by atoms with E-state index in [9.17, 15) is 14.4 Å². The summed E-state index contributed by atoms with van der Waals surface area (Å²) in [4.78, 5) is 40.8. The van der Waals surface area contributed by atoms with Crippen molar-refractivity contribution in [1.29, 1.82) is 0 Å². The highest BCUT2D eigenvalue weighted by molar-refractivity contribution is 7.09. The van der Waals surface area contributed by atoms with Crippen LogP contribution in [-0.2, 0) is 28.9 Å². The van der Waals surface area contributed by atoms with Crippen LogP contribution in [0.3, 0.4) is 0 Å². The van der Waals surface area contributed by atoms with Crippen molar-refractivity contribution in [1.82, 2.24) is 4.98 Å². The quantitative estimate of drug-likeness (QED) is 0.528. The Morgan fingerprint density at radius 3 is 2.53 bits per heavy atom. The van der Waals surface area contributed by atoms with E-state index in [1.807, 2.05) is 19.1 Å². The van der Waals surface area contributed by atoms with Crippen LogP contribution in [0.2, 0.25) is 0 Å². The maximum absolute atomic E-state index is 13.1. The summed E-state index contributed by atoms with van der Waals surface area (Å²) in [6.45, 7) is 1.91. The van der Waals surface area contributed by atoms with Crippen LogP contribution in [0.1, 0.15) is 37.7 Å². The van der Waals surface area contributed by atoms with Gasteiger partial charge in [0.05, 0.1) is 31.2 Å². The number of carbonyl (C=O) groups excluding carboxylic acids is 2. The normalized spacial score (nSPS) is 10.6. The molecule has 0 saturated heterocycles. The Morgan fingerprint density at radius 1 is 1.03 bits per heavy atom. The highest BCUT2D eigenvalue weighted by Crippen LogP contribution is 2.24. The van der Waals surface area contributed by atoms with E-state index in [-0.39, 0.29) is 30.8 Å². The van der Waals surface area contributed by atoms with E-state index in [2.05, 4.69) is 4.98 Å². The average molecular weight is 423 g/mol. The number of rotatable bonds is 9. The molecule has 0 radical (unpaired) electrons. The summed E-state index contributed by atoms with van der Waals surface area (Å²) < 4.78 is 5.30. The summed E-state index contributed by atoms with van der Waals surface area (Å²) in [6.07, 6.45) is 0.0202. The molecule has 30 heavy (non-hydrogen) atoms. The van der Waals surface area contributed by atoms with Gasteiger partial charge in [0.2, 0.25) is 0 Å². The molecule has 0 saturated carbocycles. The van der Waals surface area contributed by atoms with Crippen molar-refractivity contribution < 1.29 is 24.2 Å². The molecule has 3 rings (SSSR count). The average Bonchev–Trinajstić information content (AvgIpc) is 3.13. The van der Waals surface area contributed by atoms with Gasteiger partial charge in [-0.25, -0.2) is 4.98 Å². The summed E-state index contributed by atoms with van der Waals surface area (Å²) in [7, 11) is 1.51. The van der Waals surface area contributed by atoms with Crippen LogP contribution in [0.15, 0.2) is 47.8 Å². The summed E-state index contributed by atoms with van der Waals surface area (Å²) in [5, 5.41) is 11.1. The van der Waals surface area contributed by atoms with Crippen molar-refractivity contribution in [2.24, 2.45) is 0 Å². The summed E-state index contributed by atoms with van der Waals surface area (Å²) in [5.41, 5.74) is 2.95. The van der Waals surface area contributed by atoms with Gasteiger partial charge in [0.15, 0.2) is 5.78 Å². The van der Waals surface area contributed by atoms with Gasteiger partial charge in [-0.05, 0) is 24.6 Å². The first-order valence-corrected chi connectivity index (χ1v) is 10.2. The molecule has 7 heteroatoms. The smallest absolute Gasteiger partial charge is 0.309 e. The fourth-order valence-corrected chi connectivity index (χ4v) is 4.00. The lowest BCUT2D eigenvalue weighted by Crippen LogP contribution is -2.13. The van der Waals surface area contributed by atoms with Crippen molar-refractivity contribution in [3.05, 3.63) is 80.8 Å². The van der Waals surface area contributed by atoms with Gasteiger partial charge in [-0.2, -0.15) is 0 Å². The van der Waals surface area contributed by atoms with E-state index >= 15 is 0 Å². The molecule has 0 aliphatic heterocycles. The monoisotopic (exact) mass is 423 g/mol. The number of carboxylic acid groups (broad SMARTS) is 1. The second kappa shape index (κ2) is 9.45. The van der Waals surface area contributed by atoms with Crippen LogP contribution in [0.25, 0.3) is 0 Å². The summed E-state index contributed by atoms with van der Waals surface area (Å²) in [5.74, 6) is -0.773. The molecular weight excluding hydrogens is 402 g/mol. The number of ether oxygens (including phenoxy) is 1. The van der Waals surface area contributed by atoms with Gasteiger partial charge in [-0.1, -0.05) is 35.9 Å². The molecule has 0 amide bonds. The van der Waals surface area contributed by atoms with Gasteiger partial charge in [0, 0.05) is 17.4 Å². The van der Waals surface area contributed by atoms with E-state index in [1.54, 1.807) is 35.7 Å². The number of hydrogen-bond acceptors (Lipinski definition) is 6. The number of hydrogen-bond donors (Lipinski definition) is 1. The lowest BCUT2D eigenvalue weighted by atomic mass is 9.93. The van der Waals surface area contributed by atoms with Gasteiger partial charge in [0.1, 0.15) is 16.5 Å². The highest BCUT2D eigenvalue weighted by Gasteiger charge is 2.19. The van der Waals surface area contributed by atoms with E-state index in [4.69, 9.17) is 9.84 Å². The zero-order valence-electron chi connectivity index (χ0n) is 16.7. The number of benzene rings is 2. The number of Topliss-reactive ketones (excluding diaryl/α,β-unsaturated/α-hetero) is 1. The zero-order chi connectivity index (χ0) is 21.7. The van der Waals surface area contributed by atoms with E-state index in [0.717, 1.165) is 5.56 Å². The maximum atomic E-state index is 13.1. The lowest BCUT2D eigenvalue weighted by Gasteiger charge is -2.12. The van der Waals surface area contributed by atoms with Gasteiger partial charge >= 0.3 is 5.97 Å². The molecule has 0 spiro atoms. The van der Waals surface area contributed by atoms with E-state index in [0.29, 0.717) is 33.1 Å². The predicted octanol–water partition coefficient (Wildman–Crippen LogP) is 3.67. The third-order valence-corrected chi connectivity index (χ3v) is 5.42. The van der Waals surface area contributed by atoms with Crippen molar-refractivity contribution in [2.75, 3.05) is 7.11 Å². The number of ketones is 2. The van der Waals surface area contributed by atoms with Gasteiger partial charge in [-0.3, -0.25) is 14.4 Å². The number of aromatic nitrogens is 1. The van der Waals surface area contributed by atoms with E-state index < -0.39 is 5.97 Å². The fourth-order valence-electron chi connectivity index (χ4n) is 3.18. The van der Waals surface area contributed by atoms with Crippen molar-refractivity contribution in [2.45, 2.75) is 26.2 Å². The molecule has 3 aromatic rings. The Morgan fingerprint density at radius 2 is 1.80 bits per heavy atom. The van der Waals surface area contributed by atoms with Crippen LogP contribution in [0.5, 0.6) is 5.75 Å². The number of aryl methyl sites for hydroxylation is 1. The summed E-state index contributed by atoms with van der Waals surface area (Å²) in [6, 6.07) is 12.4. The molecular formula is C23H21NO5S. The molecule has 2 aromatic carbocycles. The SMILES string of the molecule is COc1ccccc1C(=O)c1ccc(C)cc1CC(=O)Cc1nc(CC(=O)O)cs1. The molecule has 1 heterocycles. The Balaban J connectivity index is 1.81. The molecule has 154 valence electrons. The number of carboxylic acids is 1. The molecule has 6 nitrogen and oxygen atoms in total. The van der Waals surface area contributed by atoms with Gasteiger partial charge in [0.25, 0.3) is 0 Å². The number of carbonyl (C=O) groups is 3. The summed E-state index contributed by atoms with van der Waals surface area (Å²) >= 11 is 1.27. The van der Waals surface area contributed by atoms with Crippen molar-refractivity contribution in [3.63, 3.8) is 0 Å². The number of nitrogens with zero attached hydrogens (tertiary/aromatic N) is 1. The molecule has 1 aromatic heterocycles. The minimum Gasteiger partial charge on any atom is -0.496 e. The highest BCUT2D eigenvalue weighted by atomic mass is 32.1. The van der Waals surface area contributed by atoms with Crippen LogP contribution < -0.4 is 4.74 Å². The first-order valence-electron chi connectivity index (χ1n) is 9.31. The topological polar surface area (TPSA) is 93.6 Å². The Hall–Kier alpha value is -3.32. The molecule has 0 unspecified atom stereocenters. The second-order valence-electron chi connectivity index (χ2n) is 6.89. The molecule has 0 fully saturated rings. The first kappa shape index (κ1) is 21.4. The third kappa shape index (κ3) is 5.18. The second-order valence-corrected chi connectivity index (χ2v) is 7.83. The lowest BCUT2D eigenvalue weighted by molar-refractivity contribution is -0.136. The molecule has 0 aliphatic carbocycles. The first-order chi connectivity index (χ1) is 14.4. The van der Waals surface area contributed by atoms with Gasteiger partial charge < -0.3 is 9.84 Å².